The Hall–Kier alpha value is -4.45. The first-order valence-corrected chi connectivity index (χ1v) is 31.7. The van der Waals surface area contributed by atoms with Crippen LogP contribution in [0.15, 0.2) is 134 Å². The van der Waals surface area contributed by atoms with Crippen molar-refractivity contribution in [3.8, 4) is 0 Å². The second-order valence-electron chi connectivity index (χ2n) is 20.6. The Kier molecular flexibility index (Phi) is 60.4. The van der Waals surface area contributed by atoms with Gasteiger partial charge in [-0.25, -0.2) is 0 Å². The van der Waals surface area contributed by atoms with Crippen molar-refractivity contribution in [1.82, 2.24) is 0 Å². The average Bonchev–Trinajstić information content (AvgIpc) is 3.43. The number of hydrogen-bond acceptors (Lipinski definition) is 6. The minimum atomic E-state index is -0.797. The molecule has 0 aromatic carbocycles. The van der Waals surface area contributed by atoms with E-state index in [9.17, 15) is 14.4 Å². The summed E-state index contributed by atoms with van der Waals surface area (Å²) in [7, 11) is 0. The van der Waals surface area contributed by atoms with Gasteiger partial charge in [-0.05, 0) is 135 Å². The summed E-state index contributed by atoms with van der Waals surface area (Å²) in [5.41, 5.74) is 0. The number of hydrogen-bond donors (Lipinski definition) is 0. The molecule has 0 spiro atoms. The van der Waals surface area contributed by atoms with Crippen LogP contribution in [0.3, 0.4) is 0 Å². The Labute approximate surface area is 475 Å². The van der Waals surface area contributed by atoms with Gasteiger partial charge < -0.3 is 14.2 Å². The summed E-state index contributed by atoms with van der Waals surface area (Å²) in [6.07, 6.45) is 90.3. The van der Waals surface area contributed by atoms with E-state index in [1.807, 2.05) is 0 Å². The molecule has 0 fully saturated rings. The molecule has 0 heterocycles. The van der Waals surface area contributed by atoms with Crippen molar-refractivity contribution >= 4 is 17.9 Å². The lowest BCUT2D eigenvalue weighted by atomic mass is 10.1. The summed E-state index contributed by atoms with van der Waals surface area (Å²) in [4.78, 5) is 38.2. The van der Waals surface area contributed by atoms with E-state index < -0.39 is 6.10 Å². The first-order valence-electron chi connectivity index (χ1n) is 31.7. The topological polar surface area (TPSA) is 78.9 Å². The van der Waals surface area contributed by atoms with Crippen molar-refractivity contribution in [2.45, 2.75) is 284 Å². The second-order valence-corrected chi connectivity index (χ2v) is 20.6. The zero-order chi connectivity index (χ0) is 55.7. The highest BCUT2D eigenvalue weighted by Crippen LogP contribution is 2.14. The molecular formula is C71H116O6. The molecule has 6 nitrogen and oxygen atoms in total. The standard InChI is InChI=1S/C71H116O6/c1-4-7-10-13-16-19-22-24-26-27-28-29-30-31-32-33-34-35-36-37-38-39-40-41-42-43-45-46-49-52-55-58-61-64-70(73)76-67-68(66-75-69(72)63-60-57-54-51-48-21-18-15-12-9-6-3)77-71(74)65-62-59-56-53-50-47-44-25-23-20-17-14-11-8-5-2/h7,10,15-16,18-19,24-26,28-29,31-32,34-35,37-38,40-41,43-45,68H,4-6,8-9,11-14,17,20-23,27,30,33,36,39,42,46-67H2,1-3H3/b10-7-,18-15-,19-16-,26-24-,29-28-,32-31-,35-34-,38-37-,41-40-,44-25-,45-43-. The third kappa shape index (κ3) is 62.3. The number of ether oxygens (including phenoxy) is 3. The van der Waals surface area contributed by atoms with Crippen molar-refractivity contribution < 1.29 is 28.6 Å². The van der Waals surface area contributed by atoms with Crippen molar-refractivity contribution in [2.75, 3.05) is 13.2 Å². The minimum Gasteiger partial charge on any atom is -0.462 e. The van der Waals surface area contributed by atoms with Crippen molar-refractivity contribution in [1.29, 1.82) is 0 Å². The maximum absolute atomic E-state index is 12.9. The van der Waals surface area contributed by atoms with Crippen molar-refractivity contribution in [2.24, 2.45) is 0 Å². The van der Waals surface area contributed by atoms with Crippen molar-refractivity contribution in [3.63, 3.8) is 0 Å². The average molecular weight is 1070 g/mol. The van der Waals surface area contributed by atoms with Crippen LogP contribution in [0.2, 0.25) is 0 Å². The largest absolute Gasteiger partial charge is 0.462 e. The van der Waals surface area contributed by atoms with Gasteiger partial charge in [0.2, 0.25) is 0 Å². The number of allylic oxidation sites excluding steroid dienone is 22. The van der Waals surface area contributed by atoms with E-state index in [-0.39, 0.29) is 31.1 Å². The van der Waals surface area contributed by atoms with E-state index in [0.717, 1.165) is 161 Å². The van der Waals surface area contributed by atoms with E-state index >= 15 is 0 Å². The van der Waals surface area contributed by atoms with Gasteiger partial charge in [-0.15, -0.1) is 0 Å². The highest BCUT2D eigenvalue weighted by Gasteiger charge is 2.19. The van der Waals surface area contributed by atoms with Crippen molar-refractivity contribution in [3.05, 3.63) is 134 Å². The van der Waals surface area contributed by atoms with Crippen LogP contribution in [0, 0.1) is 0 Å². The number of unbranched alkanes of at least 4 members (excludes halogenated alkanes) is 23. The molecular weight excluding hydrogens is 949 g/mol. The summed E-state index contributed by atoms with van der Waals surface area (Å²) in [6, 6.07) is 0. The number of rotatable bonds is 56. The fraction of sp³-hybridized carbons (Fsp3) is 0.648. The van der Waals surface area contributed by atoms with E-state index in [1.54, 1.807) is 0 Å². The molecule has 0 aromatic rings. The first-order chi connectivity index (χ1) is 38.0. The normalized spacial score (nSPS) is 13.0. The van der Waals surface area contributed by atoms with Crippen LogP contribution in [0.25, 0.3) is 0 Å². The molecule has 0 aromatic heterocycles. The first kappa shape index (κ1) is 72.5. The Balaban J connectivity index is 4.30. The smallest absolute Gasteiger partial charge is 0.306 e. The zero-order valence-corrected chi connectivity index (χ0v) is 49.9. The van der Waals surface area contributed by atoms with Gasteiger partial charge >= 0.3 is 17.9 Å². The molecule has 0 N–H and O–H groups in total. The lowest BCUT2D eigenvalue weighted by Crippen LogP contribution is -2.30. The molecule has 1 atom stereocenters. The van der Waals surface area contributed by atoms with Gasteiger partial charge in [0.15, 0.2) is 6.10 Å². The molecule has 0 amide bonds. The monoisotopic (exact) mass is 1060 g/mol. The SMILES string of the molecule is CC/C=C\C/C=C\C/C=C\C/C=C\C/C=C\C/C=C\C/C=C\C/C=C\C/C=C\CCCCCCCC(=O)OCC(COC(=O)CCCCCCC/C=C\CCCC)OC(=O)CCCCCCC/C=C\CCCCCCCC. The third-order valence-corrected chi connectivity index (χ3v) is 13.1. The fourth-order valence-electron chi connectivity index (χ4n) is 8.35. The van der Waals surface area contributed by atoms with Gasteiger partial charge in [-0.3, -0.25) is 14.4 Å². The summed E-state index contributed by atoms with van der Waals surface area (Å²) in [5.74, 6) is -0.932. The van der Waals surface area contributed by atoms with Crippen LogP contribution >= 0.6 is 0 Å². The van der Waals surface area contributed by atoms with Crippen LogP contribution < -0.4 is 0 Å². The van der Waals surface area contributed by atoms with Crippen LogP contribution in [0.4, 0.5) is 0 Å². The van der Waals surface area contributed by atoms with Crippen LogP contribution in [0.5, 0.6) is 0 Å². The van der Waals surface area contributed by atoms with Crippen LogP contribution in [-0.4, -0.2) is 37.2 Å². The van der Waals surface area contributed by atoms with Gasteiger partial charge in [0.1, 0.15) is 13.2 Å². The molecule has 0 radical (unpaired) electrons. The molecule has 0 saturated heterocycles. The van der Waals surface area contributed by atoms with Crippen LogP contribution in [0.1, 0.15) is 278 Å². The Bertz CT molecular complexity index is 1650. The molecule has 1 unspecified atom stereocenters. The van der Waals surface area contributed by atoms with Gasteiger partial charge in [-0.1, -0.05) is 257 Å². The highest BCUT2D eigenvalue weighted by atomic mass is 16.6. The predicted molar refractivity (Wildman–Crippen MR) is 334 cm³/mol. The summed E-state index contributed by atoms with van der Waals surface area (Å²) < 4.78 is 16.8. The molecule has 77 heavy (non-hydrogen) atoms. The molecule has 0 rings (SSSR count). The fourth-order valence-corrected chi connectivity index (χ4v) is 8.35. The molecule has 0 saturated carbocycles. The Morgan fingerprint density at radius 2 is 0.519 bits per heavy atom. The zero-order valence-electron chi connectivity index (χ0n) is 49.9. The van der Waals surface area contributed by atoms with Crippen LogP contribution in [-0.2, 0) is 28.6 Å². The summed E-state index contributed by atoms with van der Waals surface area (Å²) >= 11 is 0. The third-order valence-electron chi connectivity index (χ3n) is 13.1. The molecule has 436 valence electrons. The minimum absolute atomic E-state index is 0.0943. The lowest BCUT2D eigenvalue weighted by Gasteiger charge is -2.18. The maximum atomic E-state index is 12.9. The van der Waals surface area contributed by atoms with Gasteiger partial charge in [0, 0.05) is 19.3 Å². The lowest BCUT2D eigenvalue weighted by molar-refractivity contribution is -0.167. The van der Waals surface area contributed by atoms with E-state index in [1.165, 1.54) is 77.0 Å². The summed E-state index contributed by atoms with van der Waals surface area (Å²) in [5, 5.41) is 0. The van der Waals surface area contributed by atoms with E-state index in [2.05, 4.69) is 154 Å². The van der Waals surface area contributed by atoms with Gasteiger partial charge in [0.25, 0.3) is 0 Å². The van der Waals surface area contributed by atoms with E-state index in [4.69, 9.17) is 14.2 Å². The van der Waals surface area contributed by atoms with Gasteiger partial charge in [-0.2, -0.15) is 0 Å². The predicted octanol–water partition coefficient (Wildman–Crippen LogP) is 21.8. The highest BCUT2D eigenvalue weighted by molar-refractivity contribution is 5.71. The molecule has 0 aliphatic rings. The molecule has 0 bridgehead atoms. The van der Waals surface area contributed by atoms with E-state index in [0.29, 0.717) is 19.3 Å². The molecule has 6 heteroatoms. The van der Waals surface area contributed by atoms with Gasteiger partial charge in [0.05, 0.1) is 0 Å². The maximum Gasteiger partial charge on any atom is 0.306 e. The quantitative estimate of drug-likeness (QED) is 0.0261. The number of carbonyl (C=O) groups is 3. The molecule has 0 aliphatic carbocycles. The number of esters is 3. The Morgan fingerprint density at radius 3 is 0.844 bits per heavy atom. The summed E-state index contributed by atoms with van der Waals surface area (Å²) in [6.45, 7) is 6.45. The molecule has 0 aliphatic heterocycles. The Morgan fingerprint density at radius 1 is 0.273 bits per heavy atom. The second kappa shape index (κ2) is 64.1. The number of carbonyl (C=O) groups excluding carboxylic acids is 3.